The molecule has 2 rings (SSSR count). The molecule has 0 heterocycles. The number of nitrogens with one attached hydrogen (secondary N) is 1. The Bertz CT molecular complexity index is 372. The van der Waals surface area contributed by atoms with Crippen molar-refractivity contribution in [3.63, 3.8) is 0 Å². The maximum Gasteiger partial charge on any atom is 0.0133 e. The lowest BCUT2D eigenvalue weighted by Crippen LogP contribution is -2.36. The van der Waals surface area contributed by atoms with E-state index in [9.17, 15) is 0 Å². The summed E-state index contributed by atoms with van der Waals surface area (Å²) in [5.41, 5.74) is 3.19. The van der Waals surface area contributed by atoms with E-state index in [4.69, 9.17) is 0 Å². The predicted octanol–water partition coefficient (Wildman–Crippen LogP) is 4.45. The first-order valence-electron chi connectivity index (χ1n) is 7.60. The molecule has 1 aliphatic rings. The highest BCUT2D eigenvalue weighted by atomic mass is 14.9. The highest BCUT2D eigenvalue weighted by molar-refractivity contribution is 5.36. The second-order valence-corrected chi connectivity index (χ2v) is 5.68. The fourth-order valence-corrected chi connectivity index (χ4v) is 3.36. The summed E-state index contributed by atoms with van der Waals surface area (Å²) >= 11 is 0. The van der Waals surface area contributed by atoms with Gasteiger partial charge in [0.15, 0.2) is 0 Å². The van der Waals surface area contributed by atoms with E-state index < -0.39 is 0 Å². The third-order valence-electron chi connectivity index (χ3n) is 4.42. The van der Waals surface area contributed by atoms with Crippen molar-refractivity contribution in [2.75, 3.05) is 6.54 Å². The smallest absolute Gasteiger partial charge is 0.0133 e. The Labute approximate surface area is 112 Å². The fourth-order valence-electron chi connectivity index (χ4n) is 3.36. The zero-order valence-electron chi connectivity index (χ0n) is 12.1. The van der Waals surface area contributed by atoms with Crippen molar-refractivity contribution in [2.24, 2.45) is 0 Å². The molecule has 3 atom stereocenters. The fraction of sp³-hybridized carbons (Fsp3) is 0.647. The van der Waals surface area contributed by atoms with Crippen LogP contribution < -0.4 is 5.32 Å². The van der Waals surface area contributed by atoms with Gasteiger partial charge in [0.05, 0.1) is 0 Å². The van der Waals surface area contributed by atoms with Gasteiger partial charge in [-0.15, -0.1) is 0 Å². The molecule has 0 amide bonds. The van der Waals surface area contributed by atoms with Gasteiger partial charge in [-0.3, -0.25) is 0 Å². The normalized spacial score (nSPS) is 24.6. The summed E-state index contributed by atoms with van der Waals surface area (Å²) in [5.74, 6) is 1.45. The first-order valence-corrected chi connectivity index (χ1v) is 7.60. The molecule has 0 fully saturated rings. The SMILES string of the molecule is CCCNC(CC)C1CCC(C)c2ccccc21. The molecular weight excluding hydrogens is 218 g/mol. The van der Waals surface area contributed by atoms with E-state index >= 15 is 0 Å². The maximum absolute atomic E-state index is 3.74. The van der Waals surface area contributed by atoms with Gasteiger partial charge in [-0.25, -0.2) is 0 Å². The Morgan fingerprint density at radius 3 is 2.56 bits per heavy atom. The molecule has 1 aliphatic carbocycles. The zero-order valence-corrected chi connectivity index (χ0v) is 12.1. The second kappa shape index (κ2) is 6.38. The third kappa shape index (κ3) is 2.77. The molecule has 0 bridgehead atoms. The van der Waals surface area contributed by atoms with Gasteiger partial charge in [-0.2, -0.15) is 0 Å². The molecule has 1 nitrogen and oxygen atoms in total. The molecule has 0 aromatic heterocycles. The lowest BCUT2D eigenvalue weighted by molar-refractivity contribution is 0.370. The number of rotatable bonds is 5. The topological polar surface area (TPSA) is 12.0 Å². The van der Waals surface area contributed by atoms with Crippen molar-refractivity contribution >= 4 is 0 Å². The largest absolute Gasteiger partial charge is 0.313 e. The van der Waals surface area contributed by atoms with E-state index in [-0.39, 0.29) is 0 Å². The average molecular weight is 245 g/mol. The van der Waals surface area contributed by atoms with Gasteiger partial charge in [0.1, 0.15) is 0 Å². The monoisotopic (exact) mass is 245 g/mol. The van der Waals surface area contributed by atoms with Gasteiger partial charge in [-0.1, -0.05) is 45.0 Å². The standard InChI is InChI=1S/C17H27N/c1-4-12-18-17(5-2)16-11-10-13(3)14-8-6-7-9-15(14)16/h6-9,13,16-18H,4-5,10-12H2,1-3H3. The summed E-state index contributed by atoms with van der Waals surface area (Å²) in [5, 5.41) is 3.74. The van der Waals surface area contributed by atoms with Crippen LogP contribution in [0.4, 0.5) is 0 Å². The minimum atomic E-state index is 0.651. The van der Waals surface area contributed by atoms with Gasteiger partial charge in [0, 0.05) is 6.04 Å². The lowest BCUT2D eigenvalue weighted by atomic mass is 9.74. The van der Waals surface area contributed by atoms with Gasteiger partial charge < -0.3 is 5.32 Å². The van der Waals surface area contributed by atoms with Crippen LogP contribution in [0.5, 0.6) is 0 Å². The highest BCUT2D eigenvalue weighted by Gasteiger charge is 2.29. The Morgan fingerprint density at radius 1 is 1.17 bits per heavy atom. The van der Waals surface area contributed by atoms with Gasteiger partial charge in [-0.05, 0) is 55.2 Å². The van der Waals surface area contributed by atoms with Gasteiger partial charge in [0.2, 0.25) is 0 Å². The Balaban J connectivity index is 2.21. The number of hydrogen-bond acceptors (Lipinski definition) is 1. The van der Waals surface area contributed by atoms with Crippen LogP contribution in [0.3, 0.4) is 0 Å². The average Bonchev–Trinajstić information content (AvgIpc) is 2.42. The molecular formula is C17H27N. The Hall–Kier alpha value is -0.820. The molecule has 1 aromatic rings. The summed E-state index contributed by atoms with van der Waals surface area (Å²) in [7, 11) is 0. The van der Waals surface area contributed by atoms with Crippen LogP contribution >= 0.6 is 0 Å². The van der Waals surface area contributed by atoms with Crippen molar-refractivity contribution in [1.82, 2.24) is 5.32 Å². The van der Waals surface area contributed by atoms with E-state index in [1.807, 2.05) is 0 Å². The molecule has 3 unspecified atom stereocenters. The van der Waals surface area contributed by atoms with Crippen LogP contribution in [0.25, 0.3) is 0 Å². The maximum atomic E-state index is 3.74. The van der Waals surface area contributed by atoms with E-state index in [0.717, 1.165) is 12.5 Å². The molecule has 1 N–H and O–H groups in total. The summed E-state index contributed by atoms with van der Waals surface area (Å²) < 4.78 is 0. The van der Waals surface area contributed by atoms with Crippen LogP contribution in [0.15, 0.2) is 24.3 Å². The molecule has 1 aromatic carbocycles. The quantitative estimate of drug-likeness (QED) is 0.808. The van der Waals surface area contributed by atoms with Crippen LogP contribution in [0.2, 0.25) is 0 Å². The zero-order chi connectivity index (χ0) is 13.0. The molecule has 0 saturated heterocycles. The Morgan fingerprint density at radius 2 is 1.89 bits per heavy atom. The highest BCUT2D eigenvalue weighted by Crippen LogP contribution is 2.40. The van der Waals surface area contributed by atoms with E-state index in [1.165, 1.54) is 25.7 Å². The Kier molecular flexibility index (Phi) is 4.82. The lowest BCUT2D eigenvalue weighted by Gasteiger charge is -2.35. The third-order valence-corrected chi connectivity index (χ3v) is 4.42. The van der Waals surface area contributed by atoms with E-state index in [2.05, 4.69) is 50.4 Å². The molecule has 0 aliphatic heterocycles. The second-order valence-electron chi connectivity index (χ2n) is 5.68. The number of fused-ring (bicyclic) bond motifs is 1. The molecule has 1 heteroatoms. The predicted molar refractivity (Wildman–Crippen MR) is 79.2 cm³/mol. The number of benzene rings is 1. The van der Waals surface area contributed by atoms with Crippen molar-refractivity contribution in [3.8, 4) is 0 Å². The first kappa shape index (κ1) is 13.6. The van der Waals surface area contributed by atoms with Crippen LogP contribution in [-0.2, 0) is 0 Å². The first-order chi connectivity index (χ1) is 8.77. The van der Waals surface area contributed by atoms with Crippen LogP contribution in [-0.4, -0.2) is 12.6 Å². The van der Waals surface area contributed by atoms with Crippen LogP contribution in [0, 0.1) is 0 Å². The molecule has 100 valence electrons. The summed E-state index contributed by atoms with van der Waals surface area (Å²) in [6.45, 7) is 8.08. The minimum absolute atomic E-state index is 0.651. The van der Waals surface area contributed by atoms with E-state index in [1.54, 1.807) is 11.1 Å². The molecule has 0 radical (unpaired) electrons. The van der Waals surface area contributed by atoms with Gasteiger partial charge >= 0.3 is 0 Å². The van der Waals surface area contributed by atoms with Gasteiger partial charge in [0.25, 0.3) is 0 Å². The summed E-state index contributed by atoms with van der Waals surface area (Å²) in [6.07, 6.45) is 5.13. The summed E-state index contributed by atoms with van der Waals surface area (Å²) in [4.78, 5) is 0. The molecule has 0 spiro atoms. The van der Waals surface area contributed by atoms with Crippen LogP contribution in [0.1, 0.15) is 69.4 Å². The van der Waals surface area contributed by atoms with Crippen molar-refractivity contribution in [3.05, 3.63) is 35.4 Å². The van der Waals surface area contributed by atoms with Crippen molar-refractivity contribution in [2.45, 2.75) is 64.3 Å². The van der Waals surface area contributed by atoms with Crippen molar-refractivity contribution in [1.29, 1.82) is 0 Å². The minimum Gasteiger partial charge on any atom is -0.313 e. The molecule has 18 heavy (non-hydrogen) atoms. The van der Waals surface area contributed by atoms with Crippen molar-refractivity contribution < 1.29 is 0 Å². The number of hydrogen-bond donors (Lipinski definition) is 1. The van der Waals surface area contributed by atoms with E-state index in [0.29, 0.717) is 12.0 Å². The summed E-state index contributed by atoms with van der Waals surface area (Å²) in [6, 6.07) is 9.73. The molecule has 0 saturated carbocycles.